The summed E-state index contributed by atoms with van der Waals surface area (Å²) in [6, 6.07) is 9.28. The number of likely N-dealkylation sites (tertiary alicyclic amines) is 1. The highest BCUT2D eigenvalue weighted by Gasteiger charge is 2.24. The van der Waals surface area contributed by atoms with E-state index < -0.39 is 0 Å². The average Bonchev–Trinajstić information content (AvgIpc) is 2.38. The van der Waals surface area contributed by atoms with Crippen molar-refractivity contribution in [2.24, 2.45) is 0 Å². The van der Waals surface area contributed by atoms with Crippen molar-refractivity contribution < 1.29 is 5.11 Å². The average molecular weight is 326 g/mol. The summed E-state index contributed by atoms with van der Waals surface area (Å²) in [4.78, 5) is 2.55. The Bertz CT molecular complexity index is 399. The van der Waals surface area contributed by atoms with Gasteiger partial charge in [0.05, 0.1) is 6.10 Å². The lowest BCUT2D eigenvalue weighted by Gasteiger charge is -2.39. The molecular formula is C16H24BrNO. The van der Waals surface area contributed by atoms with E-state index in [-0.39, 0.29) is 6.10 Å². The van der Waals surface area contributed by atoms with Crippen LogP contribution in [0.15, 0.2) is 28.7 Å². The van der Waals surface area contributed by atoms with E-state index in [9.17, 15) is 5.11 Å². The lowest BCUT2D eigenvalue weighted by molar-refractivity contribution is 0.0748. The van der Waals surface area contributed by atoms with Crippen molar-refractivity contribution in [1.29, 1.82) is 0 Å². The molecule has 0 amide bonds. The lowest BCUT2D eigenvalue weighted by atomic mass is 9.96. The molecule has 2 nitrogen and oxygen atoms in total. The van der Waals surface area contributed by atoms with Crippen LogP contribution in [0.4, 0.5) is 0 Å². The highest BCUT2D eigenvalue weighted by Crippen LogP contribution is 2.25. The number of benzene rings is 1. The molecule has 1 aliphatic rings. The van der Waals surface area contributed by atoms with E-state index in [0.717, 1.165) is 23.0 Å². The Morgan fingerprint density at radius 3 is 2.63 bits per heavy atom. The molecule has 0 spiro atoms. The van der Waals surface area contributed by atoms with E-state index in [1.165, 1.54) is 19.3 Å². The molecule has 0 aromatic heterocycles. The van der Waals surface area contributed by atoms with Gasteiger partial charge in [-0.3, -0.25) is 4.90 Å². The molecule has 3 unspecified atom stereocenters. The number of piperidine rings is 1. The molecule has 1 aliphatic heterocycles. The van der Waals surface area contributed by atoms with E-state index in [2.05, 4.69) is 34.7 Å². The second-order valence-electron chi connectivity index (χ2n) is 5.73. The molecule has 1 fully saturated rings. The van der Waals surface area contributed by atoms with Crippen LogP contribution in [0.3, 0.4) is 0 Å². The summed E-state index contributed by atoms with van der Waals surface area (Å²) in [5, 5.41) is 10.3. The van der Waals surface area contributed by atoms with Crippen LogP contribution in [0.5, 0.6) is 0 Å². The van der Waals surface area contributed by atoms with Crippen molar-refractivity contribution >= 4 is 15.9 Å². The zero-order chi connectivity index (χ0) is 13.8. The zero-order valence-corrected chi connectivity index (χ0v) is 13.4. The number of aliphatic hydroxyl groups excluding tert-OH is 1. The van der Waals surface area contributed by atoms with Gasteiger partial charge in [0.1, 0.15) is 0 Å². The fourth-order valence-corrected chi connectivity index (χ4v) is 3.48. The van der Waals surface area contributed by atoms with Crippen molar-refractivity contribution in [1.82, 2.24) is 4.90 Å². The van der Waals surface area contributed by atoms with Crippen molar-refractivity contribution in [3.63, 3.8) is 0 Å². The Labute approximate surface area is 124 Å². The number of halogens is 1. The van der Waals surface area contributed by atoms with Gasteiger partial charge in [-0.1, -0.05) is 34.5 Å². The third-order valence-electron chi connectivity index (χ3n) is 4.27. The summed E-state index contributed by atoms with van der Waals surface area (Å²) in [5.74, 6) is 0. The van der Waals surface area contributed by atoms with Crippen LogP contribution in [-0.4, -0.2) is 28.6 Å². The number of aliphatic hydroxyl groups is 1. The first-order valence-corrected chi connectivity index (χ1v) is 8.06. The third kappa shape index (κ3) is 4.04. The molecule has 0 bridgehead atoms. The normalized spacial score (nSPS) is 26.3. The maximum absolute atomic E-state index is 10.3. The first-order chi connectivity index (χ1) is 9.08. The molecule has 1 N–H and O–H groups in total. The molecule has 0 radical (unpaired) electrons. The maximum Gasteiger partial charge on any atom is 0.0802 e. The molecule has 19 heavy (non-hydrogen) atoms. The van der Waals surface area contributed by atoms with Gasteiger partial charge in [-0.2, -0.15) is 0 Å². The van der Waals surface area contributed by atoms with Gasteiger partial charge in [-0.25, -0.2) is 0 Å². The summed E-state index contributed by atoms with van der Waals surface area (Å²) >= 11 is 3.46. The van der Waals surface area contributed by atoms with E-state index in [1.807, 2.05) is 24.3 Å². The quantitative estimate of drug-likeness (QED) is 0.899. The zero-order valence-electron chi connectivity index (χ0n) is 11.8. The Kier molecular flexibility index (Phi) is 5.43. The van der Waals surface area contributed by atoms with E-state index in [4.69, 9.17) is 0 Å². The molecule has 106 valence electrons. The van der Waals surface area contributed by atoms with Crippen LogP contribution in [0.1, 0.15) is 51.2 Å². The second kappa shape index (κ2) is 6.87. The fourth-order valence-electron chi connectivity index (χ4n) is 3.07. The highest BCUT2D eigenvalue weighted by molar-refractivity contribution is 9.10. The minimum absolute atomic E-state index is 0.362. The van der Waals surface area contributed by atoms with Gasteiger partial charge in [0.2, 0.25) is 0 Å². The van der Waals surface area contributed by atoms with Gasteiger partial charge in [-0.05, 0) is 50.8 Å². The van der Waals surface area contributed by atoms with Crippen molar-refractivity contribution in [3.05, 3.63) is 34.3 Å². The van der Waals surface area contributed by atoms with Gasteiger partial charge in [0, 0.05) is 23.1 Å². The second-order valence-corrected chi connectivity index (χ2v) is 6.64. The monoisotopic (exact) mass is 325 g/mol. The molecule has 1 heterocycles. The molecule has 2 rings (SSSR count). The van der Waals surface area contributed by atoms with Crippen LogP contribution in [0.25, 0.3) is 0 Å². The summed E-state index contributed by atoms with van der Waals surface area (Å²) in [5.41, 5.74) is 1.01. The molecule has 3 heteroatoms. The molecular weight excluding hydrogens is 302 g/mol. The minimum atomic E-state index is -0.362. The minimum Gasteiger partial charge on any atom is -0.388 e. The van der Waals surface area contributed by atoms with Gasteiger partial charge < -0.3 is 5.11 Å². The number of hydrogen-bond acceptors (Lipinski definition) is 2. The Morgan fingerprint density at radius 1 is 1.32 bits per heavy atom. The van der Waals surface area contributed by atoms with Gasteiger partial charge in [0.15, 0.2) is 0 Å². The van der Waals surface area contributed by atoms with Crippen LogP contribution in [0.2, 0.25) is 0 Å². The first-order valence-electron chi connectivity index (χ1n) is 7.27. The summed E-state index contributed by atoms with van der Waals surface area (Å²) < 4.78 is 1.03. The SMILES string of the molecule is CC1CCCC(C)N1CCC(O)c1cccc(Br)c1. The fraction of sp³-hybridized carbons (Fsp3) is 0.625. The molecule has 1 aromatic rings. The van der Waals surface area contributed by atoms with E-state index in [0.29, 0.717) is 12.1 Å². The van der Waals surface area contributed by atoms with Gasteiger partial charge in [0.25, 0.3) is 0 Å². The molecule has 0 aliphatic carbocycles. The molecule has 3 atom stereocenters. The van der Waals surface area contributed by atoms with Gasteiger partial charge in [-0.15, -0.1) is 0 Å². The number of hydrogen-bond donors (Lipinski definition) is 1. The predicted octanol–water partition coefficient (Wildman–Crippen LogP) is 4.14. The number of rotatable bonds is 4. The largest absolute Gasteiger partial charge is 0.388 e. The maximum atomic E-state index is 10.3. The van der Waals surface area contributed by atoms with Crippen LogP contribution in [0, 0.1) is 0 Å². The molecule has 1 saturated heterocycles. The van der Waals surface area contributed by atoms with Crippen molar-refractivity contribution in [2.75, 3.05) is 6.54 Å². The Balaban J connectivity index is 1.90. The molecule has 0 saturated carbocycles. The third-order valence-corrected chi connectivity index (χ3v) is 4.76. The van der Waals surface area contributed by atoms with Gasteiger partial charge >= 0.3 is 0 Å². The van der Waals surface area contributed by atoms with Crippen molar-refractivity contribution in [2.45, 2.75) is 57.7 Å². The lowest BCUT2D eigenvalue weighted by Crippen LogP contribution is -2.44. The topological polar surface area (TPSA) is 23.5 Å². The van der Waals surface area contributed by atoms with E-state index in [1.54, 1.807) is 0 Å². The van der Waals surface area contributed by atoms with Crippen molar-refractivity contribution in [3.8, 4) is 0 Å². The predicted molar refractivity (Wildman–Crippen MR) is 83.2 cm³/mol. The molecule has 1 aromatic carbocycles. The summed E-state index contributed by atoms with van der Waals surface area (Å²) in [6.45, 7) is 5.60. The smallest absolute Gasteiger partial charge is 0.0802 e. The summed E-state index contributed by atoms with van der Waals surface area (Å²) in [6.07, 6.45) is 4.37. The van der Waals surface area contributed by atoms with E-state index >= 15 is 0 Å². The van der Waals surface area contributed by atoms with Crippen LogP contribution in [-0.2, 0) is 0 Å². The standard InChI is InChI=1S/C16H24BrNO/c1-12-5-3-6-13(2)18(12)10-9-16(19)14-7-4-8-15(17)11-14/h4,7-8,11-13,16,19H,3,5-6,9-10H2,1-2H3. The highest BCUT2D eigenvalue weighted by atomic mass is 79.9. The Hall–Kier alpha value is -0.380. The number of nitrogens with zero attached hydrogens (tertiary/aromatic N) is 1. The van der Waals surface area contributed by atoms with Crippen LogP contribution >= 0.6 is 15.9 Å². The Morgan fingerprint density at radius 2 is 2.00 bits per heavy atom. The first kappa shape index (κ1) is 15.0. The van der Waals surface area contributed by atoms with Crippen LogP contribution < -0.4 is 0 Å². The summed E-state index contributed by atoms with van der Waals surface area (Å²) in [7, 11) is 0.